The van der Waals surface area contributed by atoms with E-state index in [1.807, 2.05) is 19.4 Å². The summed E-state index contributed by atoms with van der Waals surface area (Å²) in [5.41, 5.74) is 3.94. The van der Waals surface area contributed by atoms with Gasteiger partial charge < -0.3 is 5.32 Å². The van der Waals surface area contributed by atoms with Crippen LogP contribution in [0.2, 0.25) is 0 Å². The molecule has 19 heavy (non-hydrogen) atoms. The second-order valence-electron chi connectivity index (χ2n) is 4.84. The van der Waals surface area contributed by atoms with E-state index in [0.29, 0.717) is 12.0 Å². The summed E-state index contributed by atoms with van der Waals surface area (Å²) in [7, 11) is 2.02. The van der Waals surface area contributed by atoms with Gasteiger partial charge in [-0.15, -0.1) is 0 Å². The Balaban J connectivity index is 2.37. The summed E-state index contributed by atoms with van der Waals surface area (Å²) < 4.78 is 1.12. The van der Waals surface area contributed by atoms with E-state index >= 15 is 0 Å². The lowest BCUT2D eigenvalue weighted by Crippen LogP contribution is -2.23. The molecule has 1 heterocycles. The van der Waals surface area contributed by atoms with E-state index in [0.717, 1.165) is 4.47 Å². The Hall–Kier alpha value is -1.19. The second kappa shape index (κ2) is 6.31. The van der Waals surface area contributed by atoms with Crippen molar-refractivity contribution >= 4 is 15.9 Å². The molecule has 2 unspecified atom stereocenters. The molecular weight excluding hydrogens is 300 g/mol. The first-order valence-corrected chi connectivity index (χ1v) is 7.26. The highest BCUT2D eigenvalue weighted by atomic mass is 79.9. The van der Waals surface area contributed by atoms with Gasteiger partial charge in [-0.05, 0) is 54.9 Å². The Morgan fingerprint density at radius 2 is 1.84 bits per heavy atom. The Labute approximate surface area is 123 Å². The summed E-state index contributed by atoms with van der Waals surface area (Å²) in [5.74, 6) is 0.390. The molecule has 1 aromatic heterocycles. The van der Waals surface area contributed by atoms with Crippen LogP contribution in [0.5, 0.6) is 0 Å². The van der Waals surface area contributed by atoms with Crippen molar-refractivity contribution in [3.8, 4) is 0 Å². The molecule has 1 N–H and O–H groups in total. The minimum atomic E-state index is 0.292. The average molecular weight is 319 g/mol. The maximum atomic E-state index is 4.09. The van der Waals surface area contributed by atoms with Crippen LogP contribution in [0.3, 0.4) is 0 Å². The van der Waals surface area contributed by atoms with Crippen molar-refractivity contribution in [1.29, 1.82) is 0 Å². The SMILES string of the molecule is CNC(c1cc(Br)ccc1C)C(C)c1ccncc1. The summed E-state index contributed by atoms with van der Waals surface area (Å²) in [5, 5.41) is 3.44. The van der Waals surface area contributed by atoms with Crippen molar-refractivity contribution in [2.75, 3.05) is 7.05 Å². The normalized spacial score (nSPS) is 14.1. The van der Waals surface area contributed by atoms with Crippen LogP contribution in [0.1, 0.15) is 35.6 Å². The number of rotatable bonds is 4. The Morgan fingerprint density at radius 3 is 2.47 bits per heavy atom. The first-order chi connectivity index (χ1) is 9.13. The van der Waals surface area contributed by atoms with Gasteiger partial charge in [-0.1, -0.05) is 28.9 Å². The van der Waals surface area contributed by atoms with Crippen LogP contribution in [0.4, 0.5) is 0 Å². The number of hydrogen-bond acceptors (Lipinski definition) is 2. The largest absolute Gasteiger partial charge is 0.312 e. The van der Waals surface area contributed by atoms with Crippen molar-refractivity contribution in [3.05, 3.63) is 63.9 Å². The van der Waals surface area contributed by atoms with Gasteiger partial charge in [0.25, 0.3) is 0 Å². The van der Waals surface area contributed by atoms with E-state index in [1.54, 1.807) is 0 Å². The minimum absolute atomic E-state index is 0.292. The van der Waals surface area contributed by atoms with Crippen LogP contribution >= 0.6 is 15.9 Å². The van der Waals surface area contributed by atoms with Gasteiger partial charge >= 0.3 is 0 Å². The molecule has 0 radical (unpaired) electrons. The number of nitrogens with one attached hydrogen (secondary N) is 1. The molecular formula is C16H19BrN2. The van der Waals surface area contributed by atoms with Gasteiger partial charge in [-0.3, -0.25) is 4.98 Å². The highest BCUT2D eigenvalue weighted by molar-refractivity contribution is 9.10. The number of likely N-dealkylation sites (N-methyl/N-ethyl adjacent to an activating group) is 1. The van der Waals surface area contributed by atoms with Gasteiger partial charge in [-0.25, -0.2) is 0 Å². The third-order valence-electron chi connectivity index (χ3n) is 3.62. The van der Waals surface area contributed by atoms with Crippen LogP contribution in [0, 0.1) is 6.92 Å². The number of aryl methyl sites for hydroxylation is 1. The third kappa shape index (κ3) is 3.23. The predicted molar refractivity (Wildman–Crippen MR) is 83.3 cm³/mol. The highest BCUT2D eigenvalue weighted by Gasteiger charge is 2.20. The van der Waals surface area contributed by atoms with Crippen LogP contribution in [0.15, 0.2) is 47.2 Å². The van der Waals surface area contributed by atoms with Crippen LogP contribution in [-0.2, 0) is 0 Å². The van der Waals surface area contributed by atoms with Gasteiger partial charge in [0, 0.05) is 28.8 Å². The first kappa shape index (κ1) is 14.2. The summed E-state index contributed by atoms with van der Waals surface area (Å²) in [6, 6.07) is 10.9. The number of aromatic nitrogens is 1. The topological polar surface area (TPSA) is 24.9 Å². The number of nitrogens with zero attached hydrogens (tertiary/aromatic N) is 1. The molecule has 0 aliphatic carbocycles. The van der Waals surface area contributed by atoms with Gasteiger partial charge in [0.05, 0.1) is 0 Å². The third-order valence-corrected chi connectivity index (χ3v) is 4.11. The predicted octanol–water partition coefficient (Wildman–Crippen LogP) is 4.22. The van der Waals surface area contributed by atoms with Gasteiger partial charge in [0.2, 0.25) is 0 Å². The molecule has 100 valence electrons. The Morgan fingerprint density at radius 1 is 1.16 bits per heavy atom. The molecule has 2 rings (SSSR count). The van der Waals surface area contributed by atoms with Crippen molar-refractivity contribution in [2.24, 2.45) is 0 Å². The average Bonchev–Trinajstić information content (AvgIpc) is 2.44. The van der Waals surface area contributed by atoms with Gasteiger partial charge in [0.15, 0.2) is 0 Å². The van der Waals surface area contributed by atoms with E-state index in [-0.39, 0.29) is 0 Å². The van der Waals surface area contributed by atoms with E-state index in [9.17, 15) is 0 Å². The van der Waals surface area contributed by atoms with Crippen molar-refractivity contribution in [1.82, 2.24) is 10.3 Å². The second-order valence-corrected chi connectivity index (χ2v) is 5.75. The quantitative estimate of drug-likeness (QED) is 0.913. The molecule has 0 bridgehead atoms. The summed E-state index contributed by atoms with van der Waals surface area (Å²) in [6.45, 7) is 4.40. The first-order valence-electron chi connectivity index (χ1n) is 6.46. The molecule has 1 aromatic carbocycles. The molecule has 0 amide bonds. The molecule has 0 aliphatic rings. The molecule has 0 saturated carbocycles. The number of halogens is 1. The Bertz CT molecular complexity index is 540. The van der Waals surface area contributed by atoms with Crippen molar-refractivity contribution in [3.63, 3.8) is 0 Å². The smallest absolute Gasteiger partial charge is 0.0387 e. The molecule has 0 spiro atoms. The molecule has 2 nitrogen and oxygen atoms in total. The zero-order valence-electron chi connectivity index (χ0n) is 11.5. The molecule has 2 atom stereocenters. The van der Waals surface area contributed by atoms with E-state index in [4.69, 9.17) is 0 Å². The minimum Gasteiger partial charge on any atom is -0.312 e. The van der Waals surface area contributed by atoms with E-state index in [2.05, 4.69) is 70.4 Å². The van der Waals surface area contributed by atoms with Crippen molar-refractivity contribution in [2.45, 2.75) is 25.8 Å². The lowest BCUT2D eigenvalue weighted by atomic mass is 9.87. The summed E-state index contributed by atoms with van der Waals surface area (Å²) in [6.07, 6.45) is 3.71. The maximum Gasteiger partial charge on any atom is 0.0387 e. The van der Waals surface area contributed by atoms with E-state index < -0.39 is 0 Å². The monoisotopic (exact) mass is 318 g/mol. The zero-order valence-corrected chi connectivity index (χ0v) is 13.1. The number of hydrogen-bond donors (Lipinski definition) is 1. The fourth-order valence-electron chi connectivity index (χ4n) is 2.48. The van der Waals surface area contributed by atoms with Crippen LogP contribution in [0.25, 0.3) is 0 Å². The zero-order chi connectivity index (χ0) is 13.8. The van der Waals surface area contributed by atoms with Gasteiger partial charge in [0.1, 0.15) is 0 Å². The highest BCUT2D eigenvalue weighted by Crippen LogP contribution is 2.33. The fourth-order valence-corrected chi connectivity index (χ4v) is 2.86. The van der Waals surface area contributed by atoms with Crippen LogP contribution < -0.4 is 5.32 Å². The van der Waals surface area contributed by atoms with Crippen molar-refractivity contribution < 1.29 is 0 Å². The van der Waals surface area contributed by atoms with Gasteiger partial charge in [-0.2, -0.15) is 0 Å². The standard InChI is InChI=1S/C16H19BrN2/c1-11-4-5-14(17)10-15(11)16(18-3)12(2)13-6-8-19-9-7-13/h4-10,12,16,18H,1-3H3. The molecule has 0 fully saturated rings. The number of benzene rings is 1. The molecule has 3 heteroatoms. The fraction of sp³-hybridized carbons (Fsp3) is 0.312. The molecule has 2 aromatic rings. The summed E-state index contributed by atoms with van der Waals surface area (Å²) in [4.78, 5) is 4.09. The maximum absolute atomic E-state index is 4.09. The summed E-state index contributed by atoms with van der Waals surface area (Å²) >= 11 is 3.56. The Kier molecular flexibility index (Phi) is 4.72. The van der Waals surface area contributed by atoms with E-state index in [1.165, 1.54) is 16.7 Å². The number of pyridine rings is 1. The lowest BCUT2D eigenvalue weighted by molar-refractivity contribution is 0.505. The van der Waals surface area contributed by atoms with Crippen LogP contribution in [-0.4, -0.2) is 12.0 Å². The lowest BCUT2D eigenvalue weighted by Gasteiger charge is -2.26. The molecule has 0 aliphatic heterocycles. The molecule has 0 saturated heterocycles.